The van der Waals surface area contributed by atoms with Crippen LogP contribution in [0.25, 0.3) is 0 Å². The van der Waals surface area contributed by atoms with Gasteiger partial charge in [-0.05, 0) is 43.7 Å². The summed E-state index contributed by atoms with van der Waals surface area (Å²) in [6.07, 6.45) is 10.7. The summed E-state index contributed by atoms with van der Waals surface area (Å²) in [5, 5.41) is 39.2. The van der Waals surface area contributed by atoms with E-state index in [0.29, 0.717) is 38.5 Å². The van der Waals surface area contributed by atoms with Crippen LogP contribution in [-0.2, 0) is 11.2 Å². The number of aryl methyl sites for hydroxylation is 1. The van der Waals surface area contributed by atoms with E-state index in [0.717, 1.165) is 5.76 Å². The molecule has 0 spiro atoms. The number of carboxylic acid groups (broad SMARTS) is 1. The third-order valence-corrected chi connectivity index (χ3v) is 5.07. The smallest absolute Gasteiger partial charge is 0.303 e. The van der Waals surface area contributed by atoms with Crippen molar-refractivity contribution in [3.8, 4) is 0 Å². The molecule has 6 nitrogen and oxygen atoms in total. The molecule has 1 aromatic rings. The van der Waals surface area contributed by atoms with Crippen molar-refractivity contribution in [1.82, 2.24) is 0 Å². The quantitative estimate of drug-likeness (QED) is 0.348. The summed E-state index contributed by atoms with van der Waals surface area (Å²) in [5.74, 6) is -0.288. The van der Waals surface area contributed by atoms with E-state index in [1.807, 2.05) is 30.4 Å². The van der Waals surface area contributed by atoms with Gasteiger partial charge in [-0.3, -0.25) is 4.79 Å². The molecule has 1 heterocycles. The second-order valence-corrected chi connectivity index (χ2v) is 7.17. The molecule has 4 N–H and O–H groups in total. The van der Waals surface area contributed by atoms with Crippen LogP contribution in [0.5, 0.6) is 0 Å². The largest absolute Gasteiger partial charge is 0.481 e. The zero-order valence-corrected chi connectivity index (χ0v) is 15.5. The van der Waals surface area contributed by atoms with Gasteiger partial charge in [-0.1, -0.05) is 24.3 Å². The SMILES string of the molecule is O=C(O)CCCC=CC[C@@H]1[C@@H](C=C[C@@H](O)CCc2ccco2)[C@H](O)C[C@@H]1O. The van der Waals surface area contributed by atoms with E-state index in [1.165, 1.54) is 0 Å². The fourth-order valence-corrected chi connectivity index (χ4v) is 3.55. The third-order valence-electron chi connectivity index (χ3n) is 5.07. The zero-order chi connectivity index (χ0) is 19.6. The highest BCUT2D eigenvalue weighted by Gasteiger charge is 2.39. The lowest BCUT2D eigenvalue weighted by molar-refractivity contribution is -0.137. The Bertz CT molecular complexity index is 606. The van der Waals surface area contributed by atoms with Gasteiger partial charge < -0.3 is 24.8 Å². The molecule has 2 rings (SSSR count). The number of rotatable bonds is 11. The molecule has 1 saturated carbocycles. The van der Waals surface area contributed by atoms with Gasteiger partial charge in [0.2, 0.25) is 0 Å². The maximum atomic E-state index is 10.5. The van der Waals surface area contributed by atoms with Gasteiger partial charge in [0.1, 0.15) is 5.76 Å². The first-order valence-electron chi connectivity index (χ1n) is 9.59. The third kappa shape index (κ3) is 7.33. The van der Waals surface area contributed by atoms with Crippen LogP contribution in [0.3, 0.4) is 0 Å². The second-order valence-electron chi connectivity index (χ2n) is 7.17. The Balaban J connectivity index is 1.81. The number of allylic oxidation sites excluding steroid dienone is 2. The monoisotopic (exact) mass is 378 g/mol. The average molecular weight is 378 g/mol. The number of aliphatic hydroxyl groups excluding tert-OH is 3. The van der Waals surface area contributed by atoms with Gasteiger partial charge in [0.15, 0.2) is 0 Å². The highest BCUT2D eigenvalue weighted by Crippen LogP contribution is 2.36. The number of carbonyl (C=O) groups is 1. The number of hydrogen-bond donors (Lipinski definition) is 4. The van der Waals surface area contributed by atoms with Crippen molar-refractivity contribution in [2.24, 2.45) is 11.8 Å². The van der Waals surface area contributed by atoms with E-state index in [-0.39, 0.29) is 18.3 Å². The van der Waals surface area contributed by atoms with E-state index in [9.17, 15) is 20.1 Å². The topological polar surface area (TPSA) is 111 Å². The Labute approximate surface area is 159 Å². The molecule has 27 heavy (non-hydrogen) atoms. The molecule has 1 aliphatic carbocycles. The lowest BCUT2D eigenvalue weighted by Crippen LogP contribution is -2.20. The molecular formula is C21H30O6. The van der Waals surface area contributed by atoms with Crippen LogP contribution in [0, 0.1) is 11.8 Å². The van der Waals surface area contributed by atoms with Crippen LogP contribution in [0.2, 0.25) is 0 Å². The maximum Gasteiger partial charge on any atom is 0.303 e. The van der Waals surface area contributed by atoms with Gasteiger partial charge in [-0.15, -0.1) is 0 Å². The van der Waals surface area contributed by atoms with Crippen LogP contribution in [0.1, 0.15) is 44.3 Å². The number of hydrogen-bond acceptors (Lipinski definition) is 5. The first-order chi connectivity index (χ1) is 13.0. The maximum absolute atomic E-state index is 10.5. The molecule has 0 radical (unpaired) electrons. The first-order valence-corrected chi connectivity index (χ1v) is 9.59. The minimum atomic E-state index is -0.798. The fourth-order valence-electron chi connectivity index (χ4n) is 3.55. The van der Waals surface area contributed by atoms with Gasteiger partial charge in [0.05, 0.1) is 24.6 Å². The molecule has 0 aromatic carbocycles. The lowest BCUT2D eigenvalue weighted by atomic mass is 9.89. The second kappa shape index (κ2) is 11.1. The van der Waals surface area contributed by atoms with Crippen LogP contribution in [0.4, 0.5) is 0 Å². The summed E-state index contributed by atoms with van der Waals surface area (Å²) in [6, 6.07) is 3.68. The van der Waals surface area contributed by atoms with E-state index in [2.05, 4.69) is 0 Å². The molecule has 1 aliphatic rings. The van der Waals surface area contributed by atoms with Crippen LogP contribution >= 0.6 is 0 Å². The van der Waals surface area contributed by atoms with Gasteiger partial charge in [0.25, 0.3) is 0 Å². The Hall–Kier alpha value is -1.89. The van der Waals surface area contributed by atoms with Crippen molar-refractivity contribution < 1.29 is 29.6 Å². The fraction of sp³-hybridized carbons (Fsp3) is 0.571. The molecule has 5 atom stereocenters. The predicted octanol–water partition coefficient (Wildman–Crippen LogP) is 2.69. The van der Waals surface area contributed by atoms with Crippen molar-refractivity contribution in [1.29, 1.82) is 0 Å². The van der Waals surface area contributed by atoms with Crippen molar-refractivity contribution in [3.05, 3.63) is 48.5 Å². The minimum Gasteiger partial charge on any atom is -0.481 e. The normalized spacial score (nSPS) is 26.9. The van der Waals surface area contributed by atoms with E-state index in [4.69, 9.17) is 9.52 Å². The highest BCUT2D eigenvalue weighted by atomic mass is 16.4. The van der Waals surface area contributed by atoms with Crippen molar-refractivity contribution >= 4 is 5.97 Å². The van der Waals surface area contributed by atoms with Gasteiger partial charge in [-0.25, -0.2) is 0 Å². The standard InChI is InChI=1S/C21H30O6/c22-15(9-11-16-6-5-13-27-16)10-12-18-17(19(23)14-20(18)24)7-3-1-2-4-8-21(25)26/h1,3,5-6,10,12-13,15,17-20,22-24H,2,4,7-9,11,14H2,(H,25,26)/t15-,17+,18+,19-,20+/m0/s1. The highest BCUT2D eigenvalue weighted by molar-refractivity contribution is 5.66. The summed E-state index contributed by atoms with van der Waals surface area (Å²) in [4.78, 5) is 10.5. The molecule has 0 amide bonds. The van der Waals surface area contributed by atoms with Crippen LogP contribution in [-0.4, -0.2) is 44.7 Å². The minimum absolute atomic E-state index is 0.107. The van der Waals surface area contributed by atoms with Gasteiger partial charge >= 0.3 is 5.97 Å². The van der Waals surface area contributed by atoms with Crippen molar-refractivity contribution in [3.63, 3.8) is 0 Å². The Morgan fingerprint density at radius 1 is 1.30 bits per heavy atom. The van der Waals surface area contributed by atoms with Crippen LogP contribution < -0.4 is 0 Å². The summed E-state index contributed by atoms with van der Waals surface area (Å²) in [5.41, 5.74) is 0. The lowest BCUT2D eigenvalue weighted by Gasteiger charge is -2.19. The molecule has 0 saturated heterocycles. The number of furan rings is 1. The predicted molar refractivity (Wildman–Crippen MR) is 101 cm³/mol. The molecule has 1 fully saturated rings. The number of unbranched alkanes of at least 4 members (excludes halogenated alkanes) is 1. The van der Waals surface area contributed by atoms with Crippen molar-refractivity contribution in [2.45, 2.75) is 63.3 Å². The van der Waals surface area contributed by atoms with E-state index in [1.54, 1.807) is 12.3 Å². The van der Waals surface area contributed by atoms with Crippen LogP contribution in [0.15, 0.2) is 47.1 Å². The summed E-state index contributed by atoms with van der Waals surface area (Å²) in [6.45, 7) is 0. The number of aliphatic hydroxyl groups is 3. The number of aliphatic carboxylic acids is 1. The molecule has 150 valence electrons. The molecule has 0 unspecified atom stereocenters. The molecule has 1 aromatic heterocycles. The van der Waals surface area contributed by atoms with Crippen molar-refractivity contribution in [2.75, 3.05) is 0 Å². The molecular weight excluding hydrogens is 348 g/mol. The van der Waals surface area contributed by atoms with Gasteiger partial charge in [-0.2, -0.15) is 0 Å². The summed E-state index contributed by atoms with van der Waals surface area (Å²) >= 11 is 0. The average Bonchev–Trinajstić information content (AvgIpc) is 3.22. The van der Waals surface area contributed by atoms with E-state index >= 15 is 0 Å². The molecule has 6 heteroatoms. The Morgan fingerprint density at radius 2 is 2.11 bits per heavy atom. The first kappa shape index (κ1) is 21.4. The van der Waals surface area contributed by atoms with E-state index < -0.39 is 24.3 Å². The summed E-state index contributed by atoms with van der Waals surface area (Å²) in [7, 11) is 0. The summed E-state index contributed by atoms with van der Waals surface area (Å²) < 4.78 is 5.25. The van der Waals surface area contributed by atoms with Gasteiger partial charge in [0, 0.05) is 25.2 Å². The molecule has 0 aliphatic heterocycles. The molecule has 0 bridgehead atoms. The number of carboxylic acids is 1. The zero-order valence-electron chi connectivity index (χ0n) is 15.5. The Kier molecular flexibility index (Phi) is 8.78. The Morgan fingerprint density at radius 3 is 2.81 bits per heavy atom.